The van der Waals surface area contributed by atoms with Crippen LogP contribution in [0, 0.1) is 0 Å². The van der Waals surface area contributed by atoms with Crippen molar-refractivity contribution in [3.05, 3.63) is 108 Å². The van der Waals surface area contributed by atoms with E-state index in [0.717, 1.165) is 16.7 Å². The summed E-state index contributed by atoms with van der Waals surface area (Å²) in [7, 11) is 1.34. The molecule has 0 aromatic heterocycles. The fourth-order valence-electron chi connectivity index (χ4n) is 6.73. The molecule has 54 heavy (non-hydrogen) atoms. The van der Waals surface area contributed by atoms with Crippen molar-refractivity contribution in [2.75, 3.05) is 20.3 Å². The van der Waals surface area contributed by atoms with Crippen molar-refractivity contribution in [2.45, 2.75) is 102 Å². The summed E-state index contributed by atoms with van der Waals surface area (Å²) >= 11 is 0. The van der Waals surface area contributed by atoms with Crippen molar-refractivity contribution >= 4 is 17.9 Å². The van der Waals surface area contributed by atoms with Gasteiger partial charge in [0.25, 0.3) is 0 Å². The normalized spacial score (nSPS) is 30.8. The summed E-state index contributed by atoms with van der Waals surface area (Å²) in [5.74, 6) is -2.08. The van der Waals surface area contributed by atoms with Gasteiger partial charge in [-0.1, -0.05) is 91.0 Å². The molecule has 0 radical (unpaired) electrons. The maximum atomic E-state index is 12.4. The largest absolute Gasteiger partial charge is 0.456 e. The second kappa shape index (κ2) is 18.9. The summed E-state index contributed by atoms with van der Waals surface area (Å²) in [6, 6.07) is 29.0. The molecule has 290 valence electrons. The van der Waals surface area contributed by atoms with Gasteiger partial charge in [0.2, 0.25) is 0 Å². The first kappa shape index (κ1) is 39.4. The molecule has 0 unspecified atom stereocenters. The molecular weight excluding hydrogens is 704 g/mol. The highest BCUT2D eigenvalue weighted by atomic mass is 16.8. The molecule has 0 amide bonds. The van der Waals surface area contributed by atoms with E-state index in [4.69, 9.17) is 52.1 Å². The van der Waals surface area contributed by atoms with Gasteiger partial charge in [0.15, 0.2) is 37.2 Å². The van der Waals surface area contributed by atoms with E-state index in [9.17, 15) is 14.4 Å². The molecule has 0 spiro atoms. The lowest BCUT2D eigenvalue weighted by atomic mass is 9.96. The first-order chi connectivity index (χ1) is 26.2. The van der Waals surface area contributed by atoms with Crippen LogP contribution in [-0.4, -0.2) is 99.6 Å². The topological polar surface area (TPSA) is 153 Å². The van der Waals surface area contributed by atoms with Gasteiger partial charge >= 0.3 is 17.9 Å². The quantitative estimate of drug-likeness (QED) is 0.171. The van der Waals surface area contributed by atoms with E-state index in [1.54, 1.807) is 0 Å². The van der Waals surface area contributed by atoms with Gasteiger partial charge in [-0.25, -0.2) is 0 Å². The van der Waals surface area contributed by atoms with Crippen molar-refractivity contribution in [1.29, 1.82) is 0 Å². The predicted octanol–water partition coefficient (Wildman–Crippen LogP) is 4.18. The van der Waals surface area contributed by atoms with Crippen LogP contribution in [0.1, 0.15) is 43.8 Å². The lowest BCUT2D eigenvalue weighted by Crippen LogP contribution is -2.65. The van der Waals surface area contributed by atoms with Crippen molar-refractivity contribution in [1.82, 2.24) is 0 Å². The summed E-state index contributed by atoms with van der Waals surface area (Å²) in [5, 5.41) is 0. The average Bonchev–Trinajstić information content (AvgIpc) is 3.17. The third-order valence-corrected chi connectivity index (χ3v) is 9.08. The number of rotatable bonds is 14. The molecule has 0 saturated carbocycles. The Hall–Kier alpha value is -4.25. The van der Waals surface area contributed by atoms with Gasteiger partial charge in [0.1, 0.15) is 30.5 Å². The minimum absolute atomic E-state index is 0.154. The fraction of sp³-hybridized carbons (Fsp3) is 0.475. The highest BCUT2D eigenvalue weighted by Gasteiger charge is 2.55. The maximum Gasteiger partial charge on any atom is 0.303 e. The van der Waals surface area contributed by atoms with Gasteiger partial charge in [-0.15, -0.1) is 0 Å². The number of methoxy groups -OCH3 is 1. The van der Waals surface area contributed by atoms with Crippen LogP contribution in [0.25, 0.3) is 0 Å². The summed E-state index contributed by atoms with van der Waals surface area (Å²) in [5.41, 5.74) is 2.69. The zero-order valence-electron chi connectivity index (χ0n) is 30.6. The lowest BCUT2D eigenvalue weighted by Gasteiger charge is -2.49. The van der Waals surface area contributed by atoms with Crippen LogP contribution in [0.4, 0.5) is 0 Å². The monoisotopic (exact) mass is 750 g/mol. The molecule has 14 nitrogen and oxygen atoms in total. The average molecular weight is 751 g/mol. The van der Waals surface area contributed by atoms with E-state index in [0.29, 0.717) is 0 Å². The van der Waals surface area contributed by atoms with Crippen molar-refractivity contribution in [3.63, 3.8) is 0 Å². The standard InChI is InChI=1S/C40H46O14/c1-24(41)49-33-31(52-39(44-4)37(51-26(3)43)35(33)50-25(2)42)23-48-40-36(46-21-28-16-10-6-11-17-28)34(45-20-27-14-8-5-9-15-27)32-30(53-40)22-47-38(54-32)29-18-12-7-13-19-29/h5-19,30-40H,20-23H2,1-4H3/t30-,31-,32-,33-,34+,35+,36-,37-,38-,39+,40+/m1/s1. The van der Waals surface area contributed by atoms with Gasteiger partial charge in [0.05, 0.1) is 26.4 Å². The van der Waals surface area contributed by atoms with E-state index in [-0.39, 0.29) is 26.4 Å². The zero-order chi connectivity index (χ0) is 38.0. The Labute approximate surface area is 313 Å². The van der Waals surface area contributed by atoms with E-state index in [1.165, 1.54) is 27.9 Å². The van der Waals surface area contributed by atoms with Crippen LogP contribution in [0.15, 0.2) is 91.0 Å². The molecule has 3 aromatic carbocycles. The minimum atomic E-state index is -1.29. The number of fused-ring (bicyclic) bond motifs is 1. The summed E-state index contributed by atoms with van der Waals surface area (Å²) in [6.45, 7) is 3.89. The van der Waals surface area contributed by atoms with Crippen molar-refractivity contribution in [2.24, 2.45) is 0 Å². The molecule has 3 aromatic rings. The first-order valence-corrected chi connectivity index (χ1v) is 17.8. The van der Waals surface area contributed by atoms with E-state index >= 15 is 0 Å². The number of carbonyl (C=O) groups excluding carboxylic acids is 3. The van der Waals surface area contributed by atoms with Gasteiger partial charge < -0.3 is 52.1 Å². The Morgan fingerprint density at radius 1 is 0.593 bits per heavy atom. The van der Waals surface area contributed by atoms with E-state index < -0.39 is 85.6 Å². The van der Waals surface area contributed by atoms with E-state index in [2.05, 4.69) is 0 Å². The molecule has 14 heteroatoms. The second-order valence-corrected chi connectivity index (χ2v) is 13.1. The van der Waals surface area contributed by atoms with E-state index in [1.807, 2.05) is 91.0 Å². The molecule has 6 rings (SSSR count). The van der Waals surface area contributed by atoms with Crippen LogP contribution in [-0.2, 0) is 79.7 Å². The van der Waals surface area contributed by atoms with Gasteiger partial charge in [-0.3, -0.25) is 14.4 Å². The van der Waals surface area contributed by atoms with Crippen molar-refractivity contribution in [3.8, 4) is 0 Å². The zero-order valence-corrected chi connectivity index (χ0v) is 30.6. The van der Waals surface area contributed by atoms with Gasteiger partial charge in [0, 0.05) is 33.4 Å². The lowest BCUT2D eigenvalue weighted by molar-refractivity contribution is -0.378. The van der Waals surface area contributed by atoms with Crippen LogP contribution in [0.5, 0.6) is 0 Å². The molecule has 0 aliphatic carbocycles. The molecule has 3 aliphatic heterocycles. The predicted molar refractivity (Wildman–Crippen MR) is 187 cm³/mol. The molecule has 0 N–H and O–H groups in total. The first-order valence-electron chi connectivity index (χ1n) is 17.8. The maximum absolute atomic E-state index is 12.4. The third-order valence-electron chi connectivity index (χ3n) is 9.08. The SMILES string of the molecule is CO[C@H]1O[C@H](CO[C@H]2O[C@@H]3CO[C@@H](c4ccccc4)O[C@H]3[C@H](OCc3ccccc3)[C@H]2OCc2ccccc2)[C@@H](OC(C)=O)[C@H](OC(C)=O)[C@H]1OC(C)=O. The van der Waals surface area contributed by atoms with Crippen LogP contribution >= 0.6 is 0 Å². The number of benzene rings is 3. The van der Waals surface area contributed by atoms with Crippen LogP contribution in [0.3, 0.4) is 0 Å². The highest BCUT2D eigenvalue weighted by Crippen LogP contribution is 2.38. The smallest absolute Gasteiger partial charge is 0.303 e. The summed E-state index contributed by atoms with van der Waals surface area (Å²) in [4.78, 5) is 36.7. The summed E-state index contributed by atoms with van der Waals surface area (Å²) in [6.07, 6.45) is -10.7. The Kier molecular flexibility index (Phi) is 13.8. The molecule has 3 saturated heterocycles. The second-order valence-electron chi connectivity index (χ2n) is 13.1. The molecular formula is C40H46O14. The highest BCUT2D eigenvalue weighted by molar-refractivity contribution is 5.68. The van der Waals surface area contributed by atoms with Gasteiger partial charge in [-0.2, -0.15) is 0 Å². The number of ether oxygens (including phenoxy) is 11. The number of hydrogen-bond acceptors (Lipinski definition) is 14. The molecule has 3 aliphatic rings. The van der Waals surface area contributed by atoms with Crippen LogP contribution in [0.2, 0.25) is 0 Å². The Balaban J connectivity index is 1.30. The fourth-order valence-corrected chi connectivity index (χ4v) is 6.73. The van der Waals surface area contributed by atoms with Gasteiger partial charge in [-0.05, 0) is 11.1 Å². The minimum Gasteiger partial charge on any atom is -0.456 e. The Morgan fingerprint density at radius 3 is 1.70 bits per heavy atom. The number of esters is 3. The summed E-state index contributed by atoms with van der Waals surface area (Å²) < 4.78 is 67.4. The molecule has 3 fully saturated rings. The Bertz CT molecular complexity index is 1640. The van der Waals surface area contributed by atoms with Crippen LogP contribution < -0.4 is 0 Å². The third kappa shape index (κ3) is 10.1. The number of hydrogen-bond donors (Lipinski definition) is 0. The Morgan fingerprint density at radius 2 is 1.13 bits per heavy atom. The molecule has 11 atom stereocenters. The number of carbonyl (C=O) groups is 3. The molecule has 0 bridgehead atoms. The van der Waals surface area contributed by atoms with Crippen molar-refractivity contribution < 1.29 is 66.5 Å². The molecule has 3 heterocycles.